The molecule has 0 amide bonds. The summed E-state index contributed by atoms with van der Waals surface area (Å²) in [5, 5.41) is 14.7. The summed E-state index contributed by atoms with van der Waals surface area (Å²) in [4.78, 5) is 2.42. The van der Waals surface area contributed by atoms with Crippen molar-refractivity contribution in [3.05, 3.63) is 17.0 Å². The lowest BCUT2D eigenvalue weighted by atomic mass is 9.77. The number of aryl methyl sites for hydroxylation is 2. The van der Waals surface area contributed by atoms with Crippen molar-refractivity contribution >= 4 is 0 Å². The third-order valence-electron chi connectivity index (χ3n) is 5.37. The molecule has 0 aromatic carbocycles. The lowest BCUT2D eigenvalue weighted by molar-refractivity contribution is -0.191. The van der Waals surface area contributed by atoms with Crippen LogP contribution in [-0.2, 0) is 16.0 Å². The van der Waals surface area contributed by atoms with Crippen LogP contribution in [-0.4, -0.2) is 59.8 Å². The molecule has 0 radical (unpaired) electrons. The van der Waals surface area contributed by atoms with Gasteiger partial charge in [0.2, 0.25) is 0 Å². The topological polar surface area (TPSA) is 68.0 Å². The first kappa shape index (κ1) is 16.9. The molecule has 130 valence electrons. The van der Waals surface area contributed by atoms with Crippen LogP contribution >= 0.6 is 0 Å². The maximum Gasteiger partial charge on any atom is 0.138 e. The summed E-state index contributed by atoms with van der Waals surface area (Å²) in [5.41, 5.74) is 1.24. The summed E-state index contributed by atoms with van der Waals surface area (Å²) >= 11 is 0. The van der Waals surface area contributed by atoms with Gasteiger partial charge in [0.25, 0.3) is 0 Å². The second-order valence-electron chi connectivity index (χ2n) is 7.19. The second kappa shape index (κ2) is 6.51. The normalized spacial score (nSPS) is 28.3. The molecule has 1 atom stereocenters. The van der Waals surface area contributed by atoms with Gasteiger partial charge in [-0.25, -0.2) is 0 Å². The van der Waals surface area contributed by atoms with E-state index in [0.717, 1.165) is 43.9 Å². The number of rotatable bonds is 4. The Balaban J connectivity index is 1.59. The largest absolute Gasteiger partial charge is 0.387 e. The highest BCUT2D eigenvalue weighted by Crippen LogP contribution is 2.40. The standard InChI is InChI=1S/C17H28N2O4/c1-13-15(14(2)23-18-13)10-19-7-4-17(5-8-19)11-16(20,12-21-3)6-9-22-17/h20H,4-12H2,1-3H3. The number of hydrogen-bond acceptors (Lipinski definition) is 6. The van der Waals surface area contributed by atoms with Gasteiger partial charge in [-0.15, -0.1) is 0 Å². The Hall–Kier alpha value is -0.950. The third-order valence-corrected chi connectivity index (χ3v) is 5.37. The maximum absolute atomic E-state index is 10.7. The minimum atomic E-state index is -0.739. The van der Waals surface area contributed by atoms with Gasteiger partial charge in [-0.3, -0.25) is 4.90 Å². The second-order valence-corrected chi connectivity index (χ2v) is 7.19. The van der Waals surface area contributed by atoms with Crippen LogP contribution in [0.2, 0.25) is 0 Å². The molecule has 1 aromatic rings. The maximum atomic E-state index is 10.7. The molecule has 23 heavy (non-hydrogen) atoms. The van der Waals surface area contributed by atoms with Crippen molar-refractivity contribution in [3.8, 4) is 0 Å². The van der Waals surface area contributed by atoms with Gasteiger partial charge >= 0.3 is 0 Å². The summed E-state index contributed by atoms with van der Waals surface area (Å²) in [6.07, 6.45) is 3.23. The third kappa shape index (κ3) is 3.60. The smallest absolute Gasteiger partial charge is 0.138 e. The molecule has 2 saturated heterocycles. The number of hydrogen-bond donors (Lipinski definition) is 1. The Kier molecular flexibility index (Phi) is 4.78. The van der Waals surface area contributed by atoms with Crippen LogP contribution in [0.15, 0.2) is 4.52 Å². The molecule has 2 fully saturated rings. The Morgan fingerprint density at radius 3 is 2.61 bits per heavy atom. The summed E-state index contributed by atoms with van der Waals surface area (Å²) in [6, 6.07) is 0. The summed E-state index contributed by atoms with van der Waals surface area (Å²) in [6.45, 7) is 7.77. The van der Waals surface area contributed by atoms with E-state index in [1.807, 2.05) is 13.8 Å². The van der Waals surface area contributed by atoms with Gasteiger partial charge in [0.1, 0.15) is 5.76 Å². The Morgan fingerprint density at radius 2 is 2.00 bits per heavy atom. The zero-order chi connectivity index (χ0) is 16.5. The van der Waals surface area contributed by atoms with Gasteiger partial charge in [0.05, 0.1) is 30.1 Å². The monoisotopic (exact) mass is 324 g/mol. The molecule has 0 aliphatic carbocycles. The van der Waals surface area contributed by atoms with Crippen LogP contribution < -0.4 is 0 Å². The summed E-state index contributed by atoms with van der Waals surface area (Å²) in [7, 11) is 1.65. The molecule has 1 spiro atoms. The average Bonchev–Trinajstić information content (AvgIpc) is 2.81. The van der Waals surface area contributed by atoms with Gasteiger partial charge in [0, 0.05) is 45.1 Å². The molecule has 1 aromatic heterocycles. The van der Waals surface area contributed by atoms with Crippen LogP contribution in [0.25, 0.3) is 0 Å². The molecule has 0 bridgehead atoms. The SMILES string of the molecule is COCC1(O)CCOC2(CCN(Cc3c(C)noc3C)CC2)C1. The highest BCUT2D eigenvalue weighted by atomic mass is 16.5. The van der Waals surface area contributed by atoms with E-state index in [9.17, 15) is 5.11 Å². The van der Waals surface area contributed by atoms with Gasteiger partial charge in [0.15, 0.2) is 0 Å². The van der Waals surface area contributed by atoms with E-state index in [0.29, 0.717) is 26.1 Å². The van der Waals surface area contributed by atoms with E-state index in [1.165, 1.54) is 5.56 Å². The Labute approximate surface area is 137 Å². The van der Waals surface area contributed by atoms with Gasteiger partial charge in [-0.05, 0) is 26.7 Å². The number of ether oxygens (including phenoxy) is 2. The number of nitrogens with zero attached hydrogens (tertiary/aromatic N) is 2. The molecule has 2 aliphatic rings. The highest BCUT2D eigenvalue weighted by Gasteiger charge is 2.46. The van der Waals surface area contributed by atoms with E-state index in [-0.39, 0.29) is 5.60 Å². The fraction of sp³-hybridized carbons (Fsp3) is 0.824. The number of aromatic nitrogens is 1. The minimum Gasteiger partial charge on any atom is -0.387 e. The fourth-order valence-corrected chi connectivity index (χ4v) is 3.98. The van der Waals surface area contributed by atoms with E-state index in [1.54, 1.807) is 7.11 Å². The van der Waals surface area contributed by atoms with Crippen LogP contribution in [0.5, 0.6) is 0 Å². The molecule has 2 aliphatic heterocycles. The lowest BCUT2D eigenvalue weighted by Gasteiger charge is -2.49. The van der Waals surface area contributed by atoms with Gasteiger partial charge in [-0.1, -0.05) is 5.16 Å². The molecule has 3 heterocycles. The van der Waals surface area contributed by atoms with Crippen molar-refractivity contribution in [2.45, 2.75) is 57.3 Å². The number of likely N-dealkylation sites (tertiary alicyclic amines) is 1. The van der Waals surface area contributed by atoms with Crippen molar-refractivity contribution in [1.29, 1.82) is 0 Å². The quantitative estimate of drug-likeness (QED) is 0.911. The van der Waals surface area contributed by atoms with Gasteiger partial charge < -0.3 is 19.1 Å². The first-order valence-corrected chi connectivity index (χ1v) is 8.45. The van der Waals surface area contributed by atoms with Crippen molar-refractivity contribution in [2.24, 2.45) is 0 Å². The molecule has 1 N–H and O–H groups in total. The molecular weight excluding hydrogens is 296 g/mol. The van der Waals surface area contributed by atoms with Crippen molar-refractivity contribution in [3.63, 3.8) is 0 Å². The first-order chi connectivity index (χ1) is 11.0. The van der Waals surface area contributed by atoms with Gasteiger partial charge in [-0.2, -0.15) is 0 Å². The van der Waals surface area contributed by atoms with E-state index < -0.39 is 5.60 Å². The first-order valence-electron chi connectivity index (χ1n) is 8.45. The Bertz CT molecular complexity index is 513. The molecular formula is C17H28N2O4. The van der Waals surface area contributed by atoms with Crippen molar-refractivity contribution in [1.82, 2.24) is 10.1 Å². The lowest BCUT2D eigenvalue weighted by Crippen LogP contribution is -2.55. The number of piperidine rings is 1. The number of methoxy groups -OCH3 is 1. The van der Waals surface area contributed by atoms with Crippen molar-refractivity contribution < 1.29 is 19.1 Å². The molecule has 3 rings (SSSR count). The van der Waals surface area contributed by atoms with Crippen LogP contribution in [0, 0.1) is 13.8 Å². The van der Waals surface area contributed by atoms with Crippen LogP contribution in [0.1, 0.15) is 42.7 Å². The molecule has 0 saturated carbocycles. The molecule has 1 unspecified atom stereocenters. The summed E-state index contributed by atoms with van der Waals surface area (Å²) in [5.74, 6) is 0.908. The van der Waals surface area contributed by atoms with E-state index in [4.69, 9.17) is 14.0 Å². The number of aliphatic hydroxyl groups is 1. The minimum absolute atomic E-state index is 0.194. The fourth-order valence-electron chi connectivity index (χ4n) is 3.98. The van der Waals surface area contributed by atoms with Crippen molar-refractivity contribution in [2.75, 3.05) is 33.4 Å². The van der Waals surface area contributed by atoms with E-state index in [2.05, 4.69) is 10.1 Å². The van der Waals surface area contributed by atoms with E-state index >= 15 is 0 Å². The summed E-state index contributed by atoms with van der Waals surface area (Å²) < 4.78 is 16.6. The predicted molar refractivity (Wildman–Crippen MR) is 85.2 cm³/mol. The average molecular weight is 324 g/mol. The zero-order valence-corrected chi connectivity index (χ0v) is 14.4. The van der Waals surface area contributed by atoms with Crippen LogP contribution in [0.4, 0.5) is 0 Å². The highest BCUT2D eigenvalue weighted by molar-refractivity contribution is 5.20. The zero-order valence-electron chi connectivity index (χ0n) is 14.4. The molecule has 6 heteroatoms. The Morgan fingerprint density at radius 1 is 1.26 bits per heavy atom. The molecule has 6 nitrogen and oxygen atoms in total. The predicted octanol–water partition coefficient (Wildman–Crippen LogP) is 1.81. The van der Waals surface area contributed by atoms with Crippen LogP contribution in [0.3, 0.4) is 0 Å².